The van der Waals surface area contributed by atoms with Gasteiger partial charge in [0.1, 0.15) is 0 Å². The van der Waals surface area contributed by atoms with Crippen LogP contribution in [-0.2, 0) is 6.54 Å². The fourth-order valence-corrected chi connectivity index (χ4v) is 3.95. The number of allylic oxidation sites excluding steroid dienone is 1. The van der Waals surface area contributed by atoms with Crippen molar-refractivity contribution in [2.24, 2.45) is 4.99 Å². The van der Waals surface area contributed by atoms with Crippen LogP contribution in [0, 0.1) is 0 Å². The minimum atomic E-state index is -0.267. The molecule has 0 fully saturated rings. The molecule has 0 spiro atoms. The molecule has 0 saturated carbocycles. The number of hydrogen-bond acceptors (Lipinski definition) is 3. The van der Waals surface area contributed by atoms with Gasteiger partial charge in [0.2, 0.25) is 0 Å². The lowest BCUT2D eigenvalue weighted by Crippen LogP contribution is -2.15. The van der Waals surface area contributed by atoms with Crippen molar-refractivity contribution in [3.8, 4) is 0 Å². The van der Waals surface area contributed by atoms with Gasteiger partial charge in [-0.15, -0.1) is 17.9 Å². The fourth-order valence-electron chi connectivity index (χ4n) is 1.98. The van der Waals surface area contributed by atoms with Crippen molar-refractivity contribution in [1.29, 1.82) is 0 Å². The van der Waals surface area contributed by atoms with Gasteiger partial charge in [0.15, 0.2) is 4.80 Å². The summed E-state index contributed by atoms with van der Waals surface area (Å²) in [5, 5.41) is 0. The van der Waals surface area contributed by atoms with E-state index in [-0.39, 0.29) is 5.91 Å². The second-order valence-corrected chi connectivity index (χ2v) is 7.00. The molecule has 0 saturated heterocycles. The van der Waals surface area contributed by atoms with Gasteiger partial charge in [-0.3, -0.25) is 4.79 Å². The number of halogens is 1. The van der Waals surface area contributed by atoms with Crippen molar-refractivity contribution in [1.82, 2.24) is 4.57 Å². The molecule has 0 N–H and O–H groups in total. The Kier molecular flexibility index (Phi) is 4.05. The number of nitrogens with zero attached hydrogens (tertiary/aromatic N) is 2. The second-order valence-electron chi connectivity index (χ2n) is 4.27. The highest BCUT2D eigenvalue weighted by molar-refractivity contribution is 7.18. The quantitative estimate of drug-likeness (QED) is 0.656. The number of amides is 1. The summed E-state index contributed by atoms with van der Waals surface area (Å²) in [6.45, 7) is 4.38. The molecular formula is C15H11ClN2OS2. The first-order chi connectivity index (χ1) is 10.2. The van der Waals surface area contributed by atoms with Gasteiger partial charge in [-0.25, -0.2) is 0 Å². The molecule has 1 aromatic carbocycles. The summed E-state index contributed by atoms with van der Waals surface area (Å²) >= 11 is 8.59. The Bertz CT molecular complexity index is 888. The van der Waals surface area contributed by atoms with E-state index in [2.05, 4.69) is 11.6 Å². The molecule has 3 aromatic rings. The minimum absolute atomic E-state index is 0.267. The van der Waals surface area contributed by atoms with Gasteiger partial charge in [0.05, 0.1) is 19.4 Å². The summed E-state index contributed by atoms with van der Waals surface area (Å²) in [6, 6.07) is 11.4. The van der Waals surface area contributed by atoms with Crippen LogP contribution in [0.5, 0.6) is 0 Å². The third-order valence-electron chi connectivity index (χ3n) is 2.88. The third-order valence-corrected chi connectivity index (χ3v) is 5.16. The fraction of sp³-hybridized carbons (Fsp3) is 0.0667. The number of carbonyl (C=O) groups excluding carboxylic acids is 1. The van der Waals surface area contributed by atoms with E-state index in [4.69, 9.17) is 11.6 Å². The number of rotatable bonds is 3. The Morgan fingerprint density at radius 2 is 2.10 bits per heavy atom. The third kappa shape index (κ3) is 2.85. The number of fused-ring (bicyclic) bond motifs is 1. The monoisotopic (exact) mass is 334 g/mol. The highest BCUT2D eigenvalue weighted by Gasteiger charge is 2.10. The van der Waals surface area contributed by atoms with Crippen LogP contribution in [-0.4, -0.2) is 10.5 Å². The molecule has 21 heavy (non-hydrogen) atoms. The highest BCUT2D eigenvalue weighted by Crippen LogP contribution is 2.22. The molecule has 0 bridgehead atoms. The van der Waals surface area contributed by atoms with Crippen LogP contribution in [0.15, 0.2) is 54.0 Å². The van der Waals surface area contributed by atoms with Crippen LogP contribution < -0.4 is 4.80 Å². The van der Waals surface area contributed by atoms with E-state index >= 15 is 0 Å². The molecule has 0 aliphatic carbocycles. The zero-order valence-corrected chi connectivity index (χ0v) is 13.3. The van der Waals surface area contributed by atoms with Crippen LogP contribution >= 0.6 is 34.3 Å². The number of aromatic nitrogens is 1. The number of para-hydroxylation sites is 1. The first kappa shape index (κ1) is 14.3. The van der Waals surface area contributed by atoms with Gasteiger partial charge in [0, 0.05) is 6.54 Å². The number of hydrogen-bond donors (Lipinski definition) is 0. The summed E-state index contributed by atoms with van der Waals surface area (Å²) < 4.78 is 3.67. The van der Waals surface area contributed by atoms with E-state index in [0.717, 1.165) is 10.2 Å². The molecular weight excluding hydrogens is 324 g/mol. The van der Waals surface area contributed by atoms with E-state index < -0.39 is 0 Å². The summed E-state index contributed by atoms with van der Waals surface area (Å²) in [4.78, 5) is 17.7. The van der Waals surface area contributed by atoms with Crippen LogP contribution in [0.4, 0.5) is 0 Å². The van der Waals surface area contributed by atoms with E-state index in [9.17, 15) is 4.79 Å². The predicted molar refractivity (Wildman–Crippen MR) is 89.2 cm³/mol. The molecule has 2 aromatic heterocycles. The van der Waals surface area contributed by atoms with Gasteiger partial charge in [0.25, 0.3) is 5.91 Å². The Morgan fingerprint density at radius 3 is 2.81 bits per heavy atom. The van der Waals surface area contributed by atoms with E-state index in [0.29, 0.717) is 20.6 Å². The Morgan fingerprint density at radius 1 is 1.29 bits per heavy atom. The smallest absolute Gasteiger partial charge is 0.289 e. The molecule has 0 atom stereocenters. The molecule has 3 nitrogen and oxygen atoms in total. The zero-order chi connectivity index (χ0) is 14.8. The van der Waals surface area contributed by atoms with E-state index in [1.807, 2.05) is 28.8 Å². The average molecular weight is 335 g/mol. The molecule has 3 rings (SSSR count). The van der Waals surface area contributed by atoms with Gasteiger partial charge in [-0.05, 0) is 24.3 Å². The topological polar surface area (TPSA) is 34.4 Å². The van der Waals surface area contributed by atoms with Crippen molar-refractivity contribution in [3.63, 3.8) is 0 Å². The van der Waals surface area contributed by atoms with Gasteiger partial charge < -0.3 is 4.57 Å². The maximum absolute atomic E-state index is 12.2. The number of thiophene rings is 1. The number of carbonyl (C=O) groups is 1. The molecule has 0 radical (unpaired) electrons. The Labute approximate surface area is 134 Å². The average Bonchev–Trinajstić information content (AvgIpc) is 3.04. The van der Waals surface area contributed by atoms with Crippen molar-refractivity contribution < 1.29 is 4.79 Å². The lowest BCUT2D eigenvalue weighted by Gasteiger charge is -1.99. The number of benzene rings is 1. The van der Waals surface area contributed by atoms with Gasteiger partial charge in [-0.1, -0.05) is 41.1 Å². The summed E-state index contributed by atoms with van der Waals surface area (Å²) in [5.41, 5.74) is 1.05. The minimum Gasteiger partial charge on any atom is -0.312 e. The largest absolute Gasteiger partial charge is 0.312 e. The van der Waals surface area contributed by atoms with Crippen molar-refractivity contribution in [3.05, 3.63) is 63.1 Å². The summed E-state index contributed by atoms with van der Waals surface area (Å²) in [6.07, 6.45) is 1.80. The molecule has 2 heterocycles. The molecule has 106 valence electrons. The summed E-state index contributed by atoms with van der Waals surface area (Å²) in [5.74, 6) is -0.267. The van der Waals surface area contributed by atoms with Crippen molar-refractivity contribution in [2.75, 3.05) is 0 Å². The standard InChI is InChI=1S/C15H11ClN2OS2/c1-2-9-18-10-5-3-4-6-11(10)21-15(18)17-14(19)12-7-8-13(16)20-12/h2-8H,1,9H2. The molecule has 0 aliphatic heterocycles. The maximum atomic E-state index is 12.2. The summed E-state index contributed by atoms with van der Waals surface area (Å²) in [7, 11) is 0. The zero-order valence-electron chi connectivity index (χ0n) is 11.0. The van der Waals surface area contributed by atoms with Crippen LogP contribution in [0.3, 0.4) is 0 Å². The van der Waals surface area contributed by atoms with E-state index in [1.165, 1.54) is 22.7 Å². The van der Waals surface area contributed by atoms with Gasteiger partial charge in [-0.2, -0.15) is 4.99 Å². The van der Waals surface area contributed by atoms with Crippen LogP contribution in [0.2, 0.25) is 4.34 Å². The first-order valence-electron chi connectivity index (χ1n) is 6.22. The molecule has 0 aliphatic rings. The molecule has 6 heteroatoms. The predicted octanol–water partition coefficient (Wildman–Crippen LogP) is 4.34. The maximum Gasteiger partial charge on any atom is 0.289 e. The highest BCUT2D eigenvalue weighted by atomic mass is 35.5. The number of thiazole rings is 1. The lowest BCUT2D eigenvalue weighted by molar-refractivity contribution is 0.100. The van der Waals surface area contributed by atoms with Crippen molar-refractivity contribution >= 4 is 50.4 Å². The van der Waals surface area contributed by atoms with Crippen molar-refractivity contribution in [2.45, 2.75) is 6.54 Å². The first-order valence-corrected chi connectivity index (χ1v) is 8.24. The second kappa shape index (κ2) is 5.97. The lowest BCUT2D eigenvalue weighted by atomic mass is 10.3. The normalized spacial score (nSPS) is 12.0. The van der Waals surface area contributed by atoms with E-state index in [1.54, 1.807) is 18.2 Å². The molecule has 1 amide bonds. The van der Waals surface area contributed by atoms with Gasteiger partial charge >= 0.3 is 0 Å². The Hall–Kier alpha value is -1.69. The Balaban J connectivity index is 2.14. The molecule has 0 unspecified atom stereocenters. The SMILES string of the molecule is C=CCn1c(=NC(=O)c2ccc(Cl)s2)sc2ccccc21. The van der Waals surface area contributed by atoms with Crippen LogP contribution in [0.1, 0.15) is 9.67 Å². The van der Waals surface area contributed by atoms with Crippen LogP contribution in [0.25, 0.3) is 10.2 Å².